The number of nitrogens with zero attached hydrogens (tertiary/aromatic N) is 3. The predicted octanol–water partition coefficient (Wildman–Crippen LogP) is 0.665. The fourth-order valence-electron chi connectivity index (χ4n) is 1.90. The van der Waals surface area contributed by atoms with Crippen molar-refractivity contribution in [3.8, 4) is 0 Å². The highest BCUT2D eigenvalue weighted by Crippen LogP contribution is 2.17. The van der Waals surface area contributed by atoms with Gasteiger partial charge in [0.25, 0.3) is 0 Å². The normalized spacial score (nSPS) is 18.5. The average molecular weight is 192 g/mol. The lowest BCUT2D eigenvalue weighted by Gasteiger charge is -2.33. The van der Waals surface area contributed by atoms with Crippen LogP contribution in [-0.2, 0) is 0 Å². The molecule has 1 aliphatic heterocycles. The molecule has 0 saturated carbocycles. The molecule has 76 valence electrons. The molecule has 0 radical (unpaired) electrons. The minimum Gasteiger partial charge on any atom is -0.370 e. The lowest BCUT2D eigenvalue weighted by Crippen LogP contribution is -2.41. The molecule has 1 fully saturated rings. The van der Waals surface area contributed by atoms with E-state index in [0.29, 0.717) is 6.04 Å². The molecule has 4 nitrogen and oxygen atoms in total. The highest BCUT2D eigenvalue weighted by atomic mass is 15.2. The molecular formula is C10H16N4. The molecule has 2 heterocycles. The van der Waals surface area contributed by atoms with Gasteiger partial charge in [-0.25, -0.2) is 0 Å². The van der Waals surface area contributed by atoms with E-state index in [9.17, 15) is 0 Å². The van der Waals surface area contributed by atoms with Crippen LogP contribution >= 0.6 is 0 Å². The summed E-state index contributed by atoms with van der Waals surface area (Å²) in [5.74, 6) is 0. The molecule has 4 heteroatoms. The maximum atomic E-state index is 3.89. The van der Waals surface area contributed by atoms with Crippen LogP contribution in [0.4, 0.5) is 5.69 Å². The van der Waals surface area contributed by atoms with Crippen molar-refractivity contribution in [1.82, 2.24) is 15.5 Å². The summed E-state index contributed by atoms with van der Waals surface area (Å²) in [6, 6.07) is 2.70. The zero-order chi connectivity index (χ0) is 9.80. The minimum atomic E-state index is 0.682. The number of rotatable bonds is 2. The summed E-state index contributed by atoms with van der Waals surface area (Å²) < 4.78 is 0. The maximum Gasteiger partial charge on any atom is 0.0729 e. The Balaban J connectivity index is 1.96. The predicted molar refractivity (Wildman–Crippen MR) is 56.3 cm³/mol. The van der Waals surface area contributed by atoms with Gasteiger partial charge in [0, 0.05) is 19.1 Å². The van der Waals surface area contributed by atoms with Gasteiger partial charge < -0.3 is 10.2 Å². The SMILES string of the molecule is CNC1CCN(c2ccnnc2)CC1. The quantitative estimate of drug-likeness (QED) is 0.747. The van der Waals surface area contributed by atoms with E-state index in [0.717, 1.165) is 13.1 Å². The fourth-order valence-corrected chi connectivity index (χ4v) is 1.90. The van der Waals surface area contributed by atoms with Crippen molar-refractivity contribution in [2.45, 2.75) is 18.9 Å². The van der Waals surface area contributed by atoms with Gasteiger partial charge in [0.05, 0.1) is 18.1 Å². The van der Waals surface area contributed by atoms with E-state index in [4.69, 9.17) is 0 Å². The molecule has 0 atom stereocenters. The van der Waals surface area contributed by atoms with E-state index >= 15 is 0 Å². The van der Waals surface area contributed by atoms with Gasteiger partial charge in [-0.3, -0.25) is 0 Å². The first-order valence-corrected chi connectivity index (χ1v) is 5.09. The first kappa shape index (κ1) is 9.40. The van der Waals surface area contributed by atoms with E-state index in [-0.39, 0.29) is 0 Å². The van der Waals surface area contributed by atoms with Crippen molar-refractivity contribution in [2.75, 3.05) is 25.0 Å². The monoisotopic (exact) mass is 192 g/mol. The largest absolute Gasteiger partial charge is 0.370 e. The molecule has 0 amide bonds. The van der Waals surface area contributed by atoms with Crippen LogP contribution in [0.3, 0.4) is 0 Å². The van der Waals surface area contributed by atoms with Crippen molar-refractivity contribution in [3.05, 3.63) is 18.5 Å². The van der Waals surface area contributed by atoms with Crippen molar-refractivity contribution in [3.63, 3.8) is 0 Å². The summed E-state index contributed by atoms with van der Waals surface area (Å²) in [6.07, 6.45) is 6.00. The van der Waals surface area contributed by atoms with E-state index in [1.807, 2.05) is 19.3 Å². The zero-order valence-corrected chi connectivity index (χ0v) is 8.48. The van der Waals surface area contributed by atoms with E-state index in [1.165, 1.54) is 18.5 Å². The van der Waals surface area contributed by atoms with Crippen molar-refractivity contribution in [2.24, 2.45) is 0 Å². The summed E-state index contributed by atoms with van der Waals surface area (Å²) >= 11 is 0. The lowest BCUT2D eigenvalue weighted by atomic mass is 10.1. The maximum absolute atomic E-state index is 3.89. The van der Waals surface area contributed by atoms with E-state index in [2.05, 4.69) is 20.4 Å². The van der Waals surface area contributed by atoms with Crippen LogP contribution in [0.1, 0.15) is 12.8 Å². The third-order valence-electron chi connectivity index (χ3n) is 2.84. The summed E-state index contributed by atoms with van der Waals surface area (Å²) in [7, 11) is 2.04. The number of anilines is 1. The van der Waals surface area contributed by atoms with Crippen LogP contribution in [0.15, 0.2) is 18.5 Å². The van der Waals surface area contributed by atoms with Crippen LogP contribution < -0.4 is 10.2 Å². The summed E-state index contributed by atoms with van der Waals surface area (Å²) in [5.41, 5.74) is 1.19. The van der Waals surface area contributed by atoms with Crippen LogP contribution in [0.2, 0.25) is 0 Å². The van der Waals surface area contributed by atoms with Gasteiger partial charge in [-0.15, -0.1) is 0 Å². The smallest absolute Gasteiger partial charge is 0.0729 e. The van der Waals surface area contributed by atoms with Gasteiger partial charge in [0.1, 0.15) is 0 Å². The first-order valence-electron chi connectivity index (χ1n) is 5.09. The zero-order valence-electron chi connectivity index (χ0n) is 8.48. The molecule has 1 aliphatic rings. The number of hydrogen-bond donors (Lipinski definition) is 1. The highest BCUT2D eigenvalue weighted by Gasteiger charge is 2.17. The molecule has 1 aromatic heterocycles. The van der Waals surface area contributed by atoms with Crippen molar-refractivity contribution in [1.29, 1.82) is 0 Å². The Hall–Kier alpha value is -1.16. The van der Waals surface area contributed by atoms with Crippen molar-refractivity contribution < 1.29 is 0 Å². The molecule has 1 aromatic rings. The van der Waals surface area contributed by atoms with Crippen LogP contribution in [0, 0.1) is 0 Å². The van der Waals surface area contributed by atoms with E-state index in [1.54, 1.807) is 6.20 Å². The third kappa shape index (κ3) is 2.01. The standard InChI is InChI=1S/C10H16N4/c1-11-9-3-6-14(7-4-9)10-2-5-12-13-8-10/h2,5,8-9,11H,3-4,6-7H2,1H3. The molecule has 1 N–H and O–H groups in total. The molecule has 0 bridgehead atoms. The molecule has 0 aliphatic carbocycles. The first-order chi connectivity index (χ1) is 6.90. The Bertz CT molecular complexity index is 267. The fraction of sp³-hybridized carbons (Fsp3) is 0.600. The highest BCUT2D eigenvalue weighted by molar-refractivity contribution is 5.43. The Kier molecular flexibility index (Phi) is 2.93. The lowest BCUT2D eigenvalue weighted by molar-refractivity contribution is 0.442. The van der Waals surface area contributed by atoms with Crippen LogP contribution in [-0.4, -0.2) is 36.4 Å². The molecular weight excluding hydrogens is 176 g/mol. The number of nitrogens with one attached hydrogen (secondary N) is 1. The summed E-state index contributed by atoms with van der Waals surface area (Å²) in [4.78, 5) is 2.36. The summed E-state index contributed by atoms with van der Waals surface area (Å²) in [6.45, 7) is 2.22. The van der Waals surface area contributed by atoms with Crippen molar-refractivity contribution >= 4 is 5.69 Å². The molecule has 1 saturated heterocycles. The van der Waals surface area contributed by atoms with Gasteiger partial charge in [-0.05, 0) is 26.0 Å². The minimum absolute atomic E-state index is 0.682. The molecule has 0 unspecified atom stereocenters. The number of aromatic nitrogens is 2. The van der Waals surface area contributed by atoms with Gasteiger partial charge in [-0.2, -0.15) is 10.2 Å². The molecule has 0 aromatic carbocycles. The van der Waals surface area contributed by atoms with Gasteiger partial charge in [-0.1, -0.05) is 0 Å². The van der Waals surface area contributed by atoms with Gasteiger partial charge >= 0.3 is 0 Å². The average Bonchev–Trinajstić information content (AvgIpc) is 2.30. The van der Waals surface area contributed by atoms with Crippen LogP contribution in [0.5, 0.6) is 0 Å². The molecule has 14 heavy (non-hydrogen) atoms. The van der Waals surface area contributed by atoms with Crippen LogP contribution in [0.25, 0.3) is 0 Å². The Morgan fingerprint density at radius 3 is 2.71 bits per heavy atom. The number of piperidine rings is 1. The molecule has 0 spiro atoms. The second-order valence-corrected chi connectivity index (χ2v) is 3.65. The number of hydrogen-bond acceptors (Lipinski definition) is 4. The second kappa shape index (κ2) is 4.37. The third-order valence-corrected chi connectivity index (χ3v) is 2.84. The van der Waals surface area contributed by atoms with Gasteiger partial charge in [0.2, 0.25) is 0 Å². The van der Waals surface area contributed by atoms with Gasteiger partial charge in [0.15, 0.2) is 0 Å². The Labute approximate surface area is 84.3 Å². The topological polar surface area (TPSA) is 41.0 Å². The summed E-state index contributed by atoms with van der Waals surface area (Å²) in [5, 5.41) is 11.0. The Morgan fingerprint density at radius 2 is 2.14 bits per heavy atom. The second-order valence-electron chi connectivity index (χ2n) is 3.65. The Morgan fingerprint density at radius 1 is 1.36 bits per heavy atom. The van der Waals surface area contributed by atoms with E-state index < -0.39 is 0 Å². The molecule has 2 rings (SSSR count).